The summed E-state index contributed by atoms with van der Waals surface area (Å²) in [6, 6.07) is 0. The van der Waals surface area contributed by atoms with Crippen molar-refractivity contribution in [2.45, 2.75) is 9.83 Å². The number of allylic oxidation sites excluding steroid dienone is 2. The molecule has 6 heteroatoms. The van der Waals surface area contributed by atoms with Gasteiger partial charge in [0.15, 0.2) is 0 Å². The number of alkyl halides is 2. The van der Waals surface area contributed by atoms with Crippen LogP contribution in [0.25, 0.3) is 0 Å². The Morgan fingerprint density at radius 3 is 2.83 bits per heavy atom. The third-order valence-corrected chi connectivity index (χ3v) is 3.18. The molecular formula is C6H4BrClFNO2. The van der Waals surface area contributed by atoms with Gasteiger partial charge in [0, 0.05) is 26.9 Å². The largest absolute Gasteiger partial charge is 0.315 e. The molecule has 0 spiro atoms. The van der Waals surface area contributed by atoms with E-state index in [2.05, 4.69) is 15.9 Å². The summed E-state index contributed by atoms with van der Waals surface area (Å²) in [5.74, 6) is -0.666. The molecule has 0 saturated carbocycles. The number of nitro groups is 1. The number of halogens is 3. The van der Waals surface area contributed by atoms with Crippen molar-refractivity contribution >= 4 is 27.5 Å². The van der Waals surface area contributed by atoms with Crippen molar-refractivity contribution in [2.75, 3.05) is 0 Å². The molecule has 1 aliphatic rings. The highest BCUT2D eigenvalue weighted by atomic mass is 79.9. The van der Waals surface area contributed by atoms with E-state index < -0.39 is 20.6 Å². The minimum absolute atomic E-state index is 0.666. The summed E-state index contributed by atoms with van der Waals surface area (Å²) in [5, 5.41) is 9.58. The van der Waals surface area contributed by atoms with Gasteiger partial charge in [-0.25, -0.2) is 4.39 Å². The average Bonchev–Trinajstić information content (AvgIpc) is 1.97. The first kappa shape index (κ1) is 9.67. The van der Waals surface area contributed by atoms with E-state index >= 15 is 0 Å². The quantitative estimate of drug-likeness (QED) is 0.313. The first-order valence-corrected chi connectivity index (χ1v) is 4.24. The second-order valence-corrected chi connectivity index (χ2v) is 4.02. The lowest BCUT2D eigenvalue weighted by molar-refractivity contribution is -0.520. The molecule has 66 valence electrons. The molecule has 0 aromatic rings. The zero-order chi connectivity index (χ0) is 9.35. The van der Waals surface area contributed by atoms with Crippen molar-refractivity contribution in [2.24, 2.45) is 0 Å². The number of nitrogens with zero attached hydrogens (tertiary/aromatic N) is 1. The number of hydrogen-bond donors (Lipinski definition) is 0. The van der Waals surface area contributed by atoms with Crippen LogP contribution in [-0.2, 0) is 0 Å². The molecule has 0 radical (unpaired) electrons. The first-order chi connectivity index (χ1) is 5.47. The van der Waals surface area contributed by atoms with E-state index in [1.165, 1.54) is 6.08 Å². The van der Waals surface area contributed by atoms with Crippen LogP contribution in [0, 0.1) is 10.1 Å². The molecule has 0 fully saturated rings. The van der Waals surface area contributed by atoms with Crippen molar-refractivity contribution in [1.29, 1.82) is 0 Å². The highest BCUT2D eigenvalue weighted by Crippen LogP contribution is 2.34. The van der Waals surface area contributed by atoms with Gasteiger partial charge < -0.3 is 0 Å². The van der Waals surface area contributed by atoms with Gasteiger partial charge in [0.05, 0.1) is 0 Å². The van der Waals surface area contributed by atoms with E-state index in [-0.39, 0.29) is 0 Å². The topological polar surface area (TPSA) is 43.1 Å². The highest BCUT2D eigenvalue weighted by Gasteiger charge is 2.46. The second kappa shape index (κ2) is 3.14. The molecule has 0 N–H and O–H groups in total. The Hall–Kier alpha value is -0.420. The molecule has 0 saturated heterocycles. The van der Waals surface area contributed by atoms with Crippen LogP contribution in [0.3, 0.4) is 0 Å². The maximum absolute atomic E-state index is 12.6. The molecule has 1 rings (SSSR count). The van der Waals surface area contributed by atoms with Gasteiger partial charge in [-0.2, -0.15) is 0 Å². The van der Waals surface area contributed by atoms with Gasteiger partial charge in [-0.15, -0.1) is 11.6 Å². The van der Waals surface area contributed by atoms with Gasteiger partial charge in [0.25, 0.3) is 0 Å². The SMILES string of the molecule is O=[N+]([O-])C1(Br)C=C(F)C=CC1Cl. The average molecular weight is 256 g/mol. The van der Waals surface area contributed by atoms with Crippen molar-refractivity contribution in [3.63, 3.8) is 0 Å². The van der Waals surface area contributed by atoms with E-state index in [4.69, 9.17) is 11.6 Å². The van der Waals surface area contributed by atoms with E-state index in [0.717, 1.165) is 12.2 Å². The van der Waals surface area contributed by atoms with Gasteiger partial charge in [-0.3, -0.25) is 10.1 Å². The van der Waals surface area contributed by atoms with Crippen LogP contribution in [0.2, 0.25) is 0 Å². The van der Waals surface area contributed by atoms with Crippen molar-refractivity contribution in [3.8, 4) is 0 Å². The maximum atomic E-state index is 12.6. The Balaban J connectivity index is 3.05. The standard InChI is InChI=1S/C6H4BrClFNO2/c7-6(10(11)12)3-4(9)1-2-5(6)8/h1-3,5H. The molecule has 3 nitrogen and oxygen atoms in total. The van der Waals surface area contributed by atoms with Crippen LogP contribution in [0.1, 0.15) is 0 Å². The fourth-order valence-electron chi connectivity index (χ4n) is 0.786. The molecule has 0 bridgehead atoms. The van der Waals surface area contributed by atoms with Crippen LogP contribution in [-0.4, -0.2) is 14.7 Å². The molecule has 0 aromatic carbocycles. The molecule has 2 atom stereocenters. The van der Waals surface area contributed by atoms with Crippen LogP contribution >= 0.6 is 27.5 Å². The van der Waals surface area contributed by atoms with Crippen LogP contribution in [0.15, 0.2) is 24.1 Å². The summed E-state index contributed by atoms with van der Waals surface area (Å²) in [6.45, 7) is 0. The van der Waals surface area contributed by atoms with Crippen molar-refractivity contribution in [1.82, 2.24) is 0 Å². The Morgan fingerprint density at radius 2 is 2.42 bits per heavy atom. The monoisotopic (exact) mass is 255 g/mol. The Morgan fingerprint density at radius 1 is 1.83 bits per heavy atom. The Bertz CT molecular complexity index is 281. The fourth-order valence-corrected chi connectivity index (χ4v) is 1.37. The predicted molar refractivity (Wildman–Crippen MR) is 46.6 cm³/mol. The molecule has 1 aliphatic carbocycles. The van der Waals surface area contributed by atoms with E-state index in [1.807, 2.05) is 0 Å². The minimum atomic E-state index is -1.71. The van der Waals surface area contributed by atoms with Gasteiger partial charge in [0.1, 0.15) is 11.2 Å². The van der Waals surface area contributed by atoms with Crippen LogP contribution in [0.4, 0.5) is 4.39 Å². The number of rotatable bonds is 1. The lowest BCUT2D eigenvalue weighted by Gasteiger charge is -2.20. The smallest absolute Gasteiger partial charge is 0.263 e. The molecule has 12 heavy (non-hydrogen) atoms. The van der Waals surface area contributed by atoms with Crippen LogP contribution in [0.5, 0.6) is 0 Å². The summed E-state index contributed by atoms with van der Waals surface area (Å²) in [6.07, 6.45) is 3.17. The third-order valence-electron chi connectivity index (χ3n) is 1.43. The van der Waals surface area contributed by atoms with Crippen molar-refractivity contribution in [3.05, 3.63) is 34.2 Å². The van der Waals surface area contributed by atoms with Gasteiger partial charge in [-0.05, 0) is 6.08 Å². The first-order valence-electron chi connectivity index (χ1n) is 3.01. The molecule has 0 aromatic heterocycles. The highest BCUT2D eigenvalue weighted by molar-refractivity contribution is 9.10. The fraction of sp³-hybridized carbons (Fsp3) is 0.333. The van der Waals surface area contributed by atoms with E-state index in [1.54, 1.807) is 0 Å². The summed E-state index contributed by atoms with van der Waals surface area (Å²) >= 11 is 8.36. The van der Waals surface area contributed by atoms with E-state index in [0.29, 0.717) is 0 Å². The summed E-state index contributed by atoms with van der Waals surface area (Å²) in [5.41, 5.74) is 0. The zero-order valence-electron chi connectivity index (χ0n) is 5.71. The number of hydrogen-bond acceptors (Lipinski definition) is 2. The molecule has 0 amide bonds. The lowest BCUT2D eigenvalue weighted by Crippen LogP contribution is -2.39. The lowest BCUT2D eigenvalue weighted by atomic mass is 10.1. The third kappa shape index (κ3) is 1.51. The molecule has 0 aliphatic heterocycles. The summed E-state index contributed by atoms with van der Waals surface area (Å²) < 4.78 is 10.9. The van der Waals surface area contributed by atoms with Gasteiger partial charge in [0.2, 0.25) is 0 Å². The summed E-state index contributed by atoms with van der Waals surface area (Å²) in [4.78, 5) is 9.79. The molecule has 2 unspecified atom stereocenters. The second-order valence-electron chi connectivity index (χ2n) is 2.27. The molecular weight excluding hydrogens is 252 g/mol. The van der Waals surface area contributed by atoms with Crippen molar-refractivity contribution < 1.29 is 9.31 Å². The predicted octanol–water partition coefficient (Wildman–Crippen LogP) is 2.38. The summed E-state index contributed by atoms with van der Waals surface area (Å²) in [7, 11) is 0. The van der Waals surface area contributed by atoms with E-state index in [9.17, 15) is 14.5 Å². The van der Waals surface area contributed by atoms with Crippen LogP contribution < -0.4 is 0 Å². The molecule has 0 heterocycles. The maximum Gasteiger partial charge on any atom is 0.315 e. The van der Waals surface area contributed by atoms with Gasteiger partial charge >= 0.3 is 4.45 Å². The minimum Gasteiger partial charge on any atom is -0.263 e. The normalized spacial score (nSPS) is 34.6. The Labute approximate surface area is 81.2 Å². The zero-order valence-corrected chi connectivity index (χ0v) is 8.05. The Kier molecular flexibility index (Phi) is 2.53. The van der Waals surface area contributed by atoms with Gasteiger partial charge in [-0.1, -0.05) is 6.08 Å².